The lowest BCUT2D eigenvalue weighted by atomic mass is 10.0. The molecule has 0 radical (unpaired) electrons. The lowest BCUT2D eigenvalue weighted by Gasteiger charge is -2.18. The van der Waals surface area contributed by atoms with Crippen molar-refractivity contribution in [2.24, 2.45) is 0 Å². The van der Waals surface area contributed by atoms with Crippen LogP contribution in [0, 0.1) is 0 Å². The molecular formula is C61H106O6. The topological polar surface area (TPSA) is 78.9 Å². The number of hydrogen-bond acceptors (Lipinski definition) is 6. The molecular weight excluding hydrogens is 829 g/mol. The number of esters is 3. The van der Waals surface area contributed by atoms with Crippen LogP contribution in [0.4, 0.5) is 0 Å². The zero-order valence-corrected chi connectivity index (χ0v) is 44.2. The summed E-state index contributed by atoms with van der Waals surface area (Å²) < 4.78 is 16.8. The van der Waals surface area contributed by atoms with Crippen molar-refractivity contribution in [2.45, 2.75) is 284 Å². The highest BCUT2D eigenvalue weighted by atomic mass is 16.6. The fraction of sp³-hybridized carbons (Fsp3) is 0.754. The standard InChI is InChI=1S/C61H106O6/c1-4-7-10-13-16-19-22-25-27-29-30-32-33-36-39-42-45-48-51-54-60(63)66-57-58(56-65-59(62)53-50-47-44-41-38-35-24-21-18-15-12-9-6-3)67-61(64)55-52-49-46-43-40-37-34-31-28-26-23-20-17-14-11-8-5-2/h7,10,16,19,25,27,30,32,36,39,45,48,58H,4-6,8-9,11-15,17-18,20-24,26,28-29,31,33-35,37-38,40-44,46-47,49-57H2,1-3H3/b10-7-,19-16-,27-25-,32-30-,39-36-,48-45-/t58-/m1/s1. The van der Waals surface area contributed by atoms with Crippen molar-refractivity contribution in [3.8, 4) is 0 Å². The van der Waals surface area contributed by atoms with Crippen molar-refractivity contribution in [1.82, 2.24) is 0 Å². The van der Waals surface area contributed by atoms with Gasteiger partial charge in [0.1, 0.15) is 13.2 Å². The Morgan fingerprint density at radius 3 is 0.910 bits per heavy atom. The molecule has 6 nitrogen and oxygen atoms in total. The van der Waals surface area contributed by atoms with E-state index in [0.717, 1.165) is 77.0 Å². The first-order valence-corrected chi connectivity index (χ1v) is 28.4. The van der Waals surface area contributed by atoms with Gasteiger partial charge in [0.25, 0.3) is 0 Å². The maximum atomic E-state index is 12.8. The third-order valence-corrected chi connectivity index (χ3v) is 12.2. The van der Waals surface area contributed by atoms with E-state index in [-0.39, 0.29) is 37.5 Å². The van der Waals surface area contributed by atoms with Crippen LogP contribution >= 0.6 is 0 Å². The second-order valence-electron chi connectivity index (χ2n) is 18.8. The lowest BCUT2D eigenvalue weighted by molar-refractivity contribution is -0.166. The molecule has 0 spiro atoms. The molecule has 0 saturated carbocycles. The SMILES string of the molecule is CC/C=C\C/C=C\C/C=C\C/C=C\C/C=C\C/C=C\CCC(=O)OC[C@@H](COC(=O)CCCCCCCCCCCCCCC)OC(=O)CCCCCCCCCCCCCCCCCCC. The van der Waals surface area contributed by atoms with Crippen LogP contribution in [0.3, 0.4) is 0 Å². The van der Waals surface area contributed by atoms with E-state index in [0.29, 0.717) is 19.3 Å². The summed E-state index contributed by atoms with van der Waals surface area (Å²) in [6.45, 7) is 6.49. The van der Waals surface area contributed by atoms with Crippen LogP contribution in [0.5, 0.6) is 0 Å². The average molecular weight is 936 g/mol. The Balaban J connectivity index is 4.46. The molecule has 0 aromatic rings. The Morgan fingerprint density at radius 2 is 0.582 bits per heavy atom. The van der Waals surface area contributed by atoms with E-state index in [4.69, 9.17) is 14.2 Å². The Hall–Kier alpha value is -3.15. The number of hydrogen-bond donors (Lipinski definition) is 0. The molecule has 0 fully saturated rings. The van der Waals surface area contributed by atoms with Gasteiger partial charge < -0.3 is 14.2 Å². The number of carbonyl (C=O) groups is 3. The van der Waals surface area contributed by atoms with Crippen LogP contribution in [0.15, 0.2) is 72.9 Å². The fourth-order valence-corrected chi connectivity index (χ4v) is 8.00. The summed E-state index contributed by atoms with van der Waals surface area (Å²) in [6, 6.07) is 0. The number of unbranched alkanes of at least 4 members (excludes halogenated alkanes) is 28. The summed E-state index contributed by atoms with van der Waals surface area (Å²) in [6.07, 6.45) is 70.4. The predicted molar refractivity (Wildman–Crippen MR) is 288 cm³/mol. The molecule has 1 atom stereocenters. The second kappa shape index (κ2) is 55.4. The minimum Gasteiger partial charge on any atom is -0.462 e. The van der Waals surface area contributed by atoms with Gasteiger partial charge >= 0.3 is 17.9 Å². The molecule has 0 heterocycles. The molecule has 0 N–H and O–H groups in total. The van der Waals surface area contributed by atoms with Crippen molar-refractivity contribution >= 4 is 17.9 Å². The molecule has 67 heavy (non-hydrogen) atoms. The van der Waals surface area contributed by atoms with E-state index in [9.17, 15) is 14.4 Å². The lowest BCUT2D eigenvalue weighted by Crippen LogP contribution is -2.30. The first-order chi connectivity index (χ1) is 33.0. The maximum absolute atomic E-state index is 12.8. The first kappa shape index (κ1) is 63.8. The quantitative estimate of drug-likeness (QED) is 0.0262. The summed E-state index contributed by atoms with van der Waals surface area (Å²) in [5.41, 5.74) is 0. The minimum absolute atomic E-state index is 0.0947. The molecule has 0 aliphatic rings. The van der Waals surface area contributed by atoms with Gasteiger partial charge in [0.15, 0.2) is 6.10 Å². The van der Waals surface area contributed by atoms with Gasteiger partial charge in [-0.05, 0) is 57.8 Å². The van der Waals surface area contributed by atoms with E-state index in [1.807, 2.05) is 6.08 Å². The smallest absolute Gasteiger partial charge is 0.306 e. The zero-order chi connectivity index (χ0) is 48.6. The third-order valence-electron chi connectivity index (χ3n) is 12.2. The van der Waals surface area contributed by atoms with Crippen molar-refractivity contribution in [1.29, 1.82) is 0 Å². The minimum atomic E-state index is -0.802. The summed E-state index contributed by atoms with van der Waals surface area (Å²) in [5.74, 6) is -0.971. The first-order valence-electron chi connectivity index (χ1n) is 28.4. The number of allylic oxidation sites excluding steroid dienone is 12. The number of carbonyl (C=O) groups excluding carboxylic acids is 3. The van der Waals surface area contributed by atoms with Gasteiger partial charge in [-0.2, -0.15) is 0 Å². The van der Waals surface area contributed by atoms with E-state index in [1.54, 1.807) is 0 Å². The molecule has 6 heteroatoms. The highest BCUT2D eigenvalue weighted by Crippen LogP contribution is 2.16. The molecule has 0 aliphatic heterocycles. The number of ether oxygens (including phenoxy) is 3. The Kier molecular flexibility index (Phi) is 52.8. The zero-order valence-electron chi connectivity index (χ0n) is 44.2. The van der Waals surface area contributed by atoms with Crippen LogP contribution in [0.2, 0.25) is 0 Å². The van der Waals surface area contributed by atoms with Crippen molar-refractivity contribution in [2.75, 3.05) is 13.2 Å². The molecule has 0 rings (SSSR count). The molecule has 0 aliphatic carbocycles. The second-order valence-corrected chi connectivity index (χ2v) is 18.8. The fourth-order valence-electron chi connectivity index (χ4n) is 8.00. The van der Waals surface area contributed by atoms with Crippen molar-refractivity contribution < 1.29 is 28.6 Å². The molecule has 386 valence electrons. The summed E-state index contributed by atoms with van der Waals surface area (Å²) in [4.78, 5) is 38.1. The highest BCUT2D eigenvalue weighted by molar-refractivity contribution is 5.71. The largest absolute Gasteiger partial charge is 0.462 e. The molecule has 0 amide bonds. The van der Waals surface area contributed by atoms with Gasteiger partial charge in [-0.1, -0.05) is 273 Å². The Bertz CT molecular complexity index is 1260. The Morgan fingerprint density at radius 1 is 0.313 bits per heavy atom. The van der Waals surface area contributed by atoms with E-state index in [1.165, 1.54) is 154 Å². The molecule has 0 unspecified atom stereocenters. The van der Waals surface area contributed by atoms with E-state index >= 15 is 0 Å². The van der Waals surface area contributed by atoms with Crippen LogP contribution in [-0.2, 0) is 28.6 Å². The van der Waals surface area contributed by atoms with Gasteiger partial charge in [0.2, 0.25) is 0 Å². The van der Waals surface area contributed by atoms with E-state index < -0.39 is 6.10 Å². The maximum Gasteiger partial charge on any atom is 0.306 e. The summed E-state index contributed by atoms with van der Waals surface area (Å²) in [5, 5.41) is 0. The van der Waals surface area contributed by atoms with Gasteiger partial charge in [0.05, 0.1) is 0 Å². The van der Waals surface area contributed by atoms with Gasteiger partial charge in [-0.3, -0.25) is 14.4 Å². The predicted octanol–water partition coefficient (Wildman–Crippen LogP) is 19.0. The Labute approximate surface area is 414 Å². The van der Waals surface area contributed by atoms with E-state index in [2.05, 4.69) is 87.6 Å². The average Bonchev–Trinajstić information content (AvgIpc) is 3.33. The van der Waals surface area contributed by atoms with Gasteiger partial charge in [0, 0.05) is 19.3 Å². The highest BCUT2D eigenvalue weighted by Gasteiger charge is 2.19. The monoisotopic (exact) mass is 935 g/mol. The molecule has 0 bridgehead atoms. The van der Waals surface area contributed by atoms with Crippen LogP contribution in [-0.4, -0.2) is 37.2 Å². The molecule has 0 saturated heterocycles. The van der Waals surface area contributed by atoms with Crippen LogP contribution in [0.25, 0.3) is 0 Å². The number of rotatable bonds is 51. The van der Waals surface area contributed by atoms with Crippen LogP contribution < -0.4 is 0 Å². The molecule has 0 aromatic carbocycles. The van der Waals surface area contributed by atoms with Gasteiger partial charge in [-0.15, -0.1) is 0 Å². The summed E-state index contributed by atoms with van der Waals surface area (Å²) in [7, 11) is 0. The van der Waals surface area contributed by atoms with Gasteiger partial charge in [-0.25, -0.2) is 0 Å². The van der Waals surface area contributed by atoms with Crippen molar-refractivity contribution in [3.05, 3.63) is 72.9 Å². The normalized spacial score (nSPS) is 12.6. The van der Waals surface area contributed by atoms with Crippen molar-refractivity contribution in [3.63, 3.8) is 0 Å². The molecule has 0 aromatic heterocycles. The summed E-state index contributed by atoms with van der Waals surface area (Å²) >= 11 is 0. The third kappa shape index (κ3) is 53.7. The van der Waals surface area contributed by atoms with Crippen LogP contribution in [0.1, 0.15) is 278 Å².